The molecule has 0 spiro atoms. The lowest BCUT2D eigenvalue weighted by Gasteiger charge is -2.32. The number of hydrogen-bond acceptors (Lipinski definition) is 5. The molecule has 1 amide bonds. The third kappa shape index (κ3) is 4.68. The number of para-hydroxylation sites is 1. The van der Waals surface area contributed by atoms with Crippen molar-refractivity contribution in [2.75, 3.05) is 23.3 Å². The lowest BCUT2D eigenvalue weighted by atomic mass is 10.0. The Morgan fingerprint density at radius 1 is 1.07 bits per heavy atom. The van der Waals surface area contributed by atoms with Gasteiger partial charge in [0.2, 0.25) is 5.95 Å². The molecular weight excluding hydrogens is 405 g/mol. The van der Waals surface area contributed by atoms with Crippen LogP contribution in [-0.2, 0) is 0 Å². The first-order valence-electron chi connectivity index (χ1n) is 9.75. The van der Waals surface area contributed by atoms with Gasteiger partial charge in [-0.2, -0.15) is 4.98 Å². The average Bonchev–Trinajstić information content (AvgIpc) is 2.76. The van der Waals surface area contributed by atoms with E-state index in [4.69, 9.17) is 11.6 Å². The van der Waals surface area contributed by atoms with Crippen molar-refractivity contribution in [1.82, 2.24) is 15.3 Å². The number of amides is 1. The molecule has 2 heterocycles. The van der Waals surface area contributed by atoms with Crippen molar-refractivity contribution in [1.29, 1.82) is 0 Å². The van der Waals surface area contributed by atoms with Crippen molar-refractivity contribution in [3.63, 3.8) is 0 Å². The van der Waals surface area contributed by atoms with E-state index in [0.29, 0.717) is 29.9 Å². The number of nitrogens with one attached hydrogen (secondary N) is 2. The normalized spacial score (nSPS) is 14.4. The predicted molar refractivity (Wildman–Crippen MR) is 116 cm³/mol. The van der Waals surface area contributed by atoms with E-state index in [0.717, 1.165) is 18.5 Å². The van der Waals surface area contributed by atoms with Crippen LogP contribution in [0.25, 0.3) is 0 Å². The Morgan fingerprint density at radius 3 is 2.57 bits per heavy atom. The second-order valence-electron chi connectivity index (χ2n) is 7.06. The van der Waals surface area contributed by atoms with Gasteiger partial charge in [0.15, 0.2) is 0 Å². The average molecular weight is 426 g/mol. The van der Waals surface area contributed by atoms with E-state index in [2.05, 4.69) is 25.5 Å². The minimum absolute atomic E-state index is 0.0159. The maximum Gasteiger partial charge on any atom is 0.254 e. The van der Waals surface area contributed by atoms with Gasteiger partial charge in [-0.25, -0.2) is 9.37 Å². The van der Waals surface area contributed by atoms with Gasteiger partial charge < -0.3 is 15.5 Å². The second kappa shape index (κ2) is 9.09. The van der Waals surface area contributed by atoms with Crippen molar-refractivity contribution >= 4 is 35.0 Å². The van der Waals surface area contributed by atoms with Gasteiger partial charge >= 0.3 is 0 Å². The van der Waals surface area contributed by atoms with Crippen LogP contribution in [-0.4, -0.2) is 35.0 Å². The molecule has 154 valence electrons. The van der Waals surface area contributed by atoms with Gasteiger partial charge in [0.25, 0.3) is 5.91 Å². The van der Waals surface area contributed by atoms with Crippen molar-refractivity contribution in [3.8, 4) is 0 Å². The summed E-state index contributed by atoms with van der Waals surface area (Å²) in [4.78, 5) is 23.4. The Bertz CT molecular complexity index is 1040. The number of aromatic nitrogens is 2. The summed E-state index contributed by atoms with van der Waals surface area (Å²) in [6, 6.07) is 15.2. The maximum atomic E-state index is 13.8. The first kappa shape index (κ1) is 20.1. The molecule has 1 aromatic heterocycles. The summed E-state index contributed by atoms with van der Waals surface area (Å²) in [6.07, 6.45) is 3.16. The summed E-state index contributed by atoms with van der Waals surface area (Å²) in [7, 11) is 0. The van der Waals surface area contributed by atoms with Gasteiger partial charge in [-0.1, -0.05) is 35.9 Å². The molecule has 1 aliphatic heterocycles. The van der Waals surface area contributed by atoms with Gasteiger partial charge in [0.1, 0.15) is 11.6 Å². The highest BCUT2D eigenvalue weighted by Crippen LogP contribution is 2.25. The molecule has 0 aliphatic carbocycles. The molecular formula is C22H21ClFN5O. The first-order valence-corrected chi connectivity index (χ1v) is 10.1. The number of nitrogens with zero attached hydrogens (tertiary/aromatic N) is 3. The van der Waals surface area contributed by atoms with Crippen LogP contribution in [0.4, 0.5) is 21.8 Å². The number of piperidine rings is 1. The fourth-order valence-electron chi connectivity index (χ4n) is 3.40. The zero-order valence-corrected chi connectivity index (χ0v) is 16.9. The number of rotatable bonds is 5. The molecule has 0 saturated carbocycles. The van der Waals surface area contributed by atoms with Crippen LogP contribution < -0.4 is 15.5 Å². The highest BCUT2D eigenvalue weighted by molar-refractivity contribution is 6.33. The second-order valence-corrected chi connectivity index (χ2v) is 7.47. The smallest absolute Gasteiger partial charge is 0.254 e. The van der Waals surface area contributed by atoms with Crippen molar-refractivity contribution in [2.45, 2.75) is 18.9 Å². The molecule has 8 heteroatoms. The lowest BCUT2D eigenvalue weighted by Crippen LogP contribution is -2.45. The number of carbonyl (C=O) groups is 1. The lowest BCUT2D eigenvalue weighted by molar-refractivity contribution is 0.0927. The van der Waals surface area contributed by atoms with E-state index >= 15 is 0 Å². The summed E-state index contributed by atoms with van der Waals surface area (Å²) >= 11 is 6.20. The van der Waals surface area contributed by atoms with Crippen LogP contribution in [0.2, 0.25) is 5.02 Å². The number of hydrogen-bond donors (Lipinski definition) is 2. The quantitative estimate of drug-likeness (QED) is 0.633. The molecule has 0 unspecified atom stereocenters. The Hall–Kier alpha value is -3.19. The molecule has 2 N–H and O–H groups in total. The minimum atomic E-state index is -0.510. The van der Waals surface area contributed by atoms with E-state index in [1.54, 1.807) is 24.4 Å². The van der Waals surface area contributed by atoms with E-state index in [1.807, 2.05) is 24.3 Å². The maximum absolute atomic E-state index is 13.8. The monoisotopic (exact) mass is 425 g/mol. The Morgan fingerprint density at radius 2 is 1.80 bits per heavy atom. The number of carbonyl (C=O) groups excluding carboxylic acids is 1. The Kier molecular flexibility index (Phi) is 6.09. The van der Waals surface area contributed by atoms with Crippen molar-refractivity contribution < 1.29 is 9.18 Å². The van der Waals surface area contributed by atoms with Crippen LogP contribution in [0, 0.1) is 5.82 Å². The highest BCUT2D eigenvalue weighted by Gasteiger charge is 2.23. The molecule has 1 aliphatic rings. The Labute approximate surface area is 179 Å². The van der Waals surface area contributed by atoms with Gasteiger partial charge in [-0.05, 0) is 43.2 Å². The standard InChI is InChI=1S/C22H21ClFN5O/c23-17-6-2-4-8-19(17)27-20-9-12-25-22(28-20)29-13-10-15(11-14-29)26-21(30)16-5-1-3-7-18(16)24/h1-9,12,15H,10-11,13-14H2,(H,26,30)(H,25,27,28). The molecule has 2 aromatic carbocycles. The molecule has 0 atom stereocenters. The van der Waals surface area contributed by atoms with E-state index in [-0.39, 0.29) is 17.5 Å². The number of anilines is 3. The molecule has 6 nitrogen and oxygen atoms in total. The number of benzene rings is 2. The topological polar surface area (TPSA) is 70.2 Å². The van der Waals surface area contributed by atoms with Gasteiger partial charge in [0, 0.05) is 25.3 Å². The third-order valence-electron chi connectivity index (χ3n) is 5.01. The largest absolute Gasteiger partial charge is 0.349 e. The fourth-order valence-corrected chi connectivity index (χ4v) is 3.59. The van der Waals surface area contributed by atoms with E-state index in [9.17, 15) is 9.18 Å². The zero-order chi connectivity index (χ0) is 20.9. The number of halogens is 2. The van der Waals surface area contributed by atoms with Crippen LogP contribution in [0.1, 0.15) is 23.2 Å². The molecule has 1 fully saturated rings. The van der Waals surface area contributed by atoms with Gasteiger partial charge in [-0.3, -0.25) is 4.79 Å². The summed E-state index contributed by atoms with van der Waals surface area (Å²) in [6.45, 7) is 1.38. The van der Waals surface area contributed by atoms with E-state index < -0.39 is 5.82 Å². The van der Waals surface area contributed by atoms with E-state index in [1.165, 1.54) is 12.1 Å². The van der Waals surface area contributed by atoms with Crippen LogP contribution in [0.15, 0.2) is 60.8 Å². The zero-order valence-electron chi connectivity index (χ0n) is 16.2. The molecule has 4 rings (SSSR count). The SMILES string of the molecule is O=C(NC1CCN(c2nccc(Nc3ccccc3Cl)n2)CC1)c1ccccc1F. The van der Waals surface area contributed by atoms with Crippen molar-refractivity contribution in [2.24, 2.45) is 0 Å². The van der Waals surface area contributed by atoms with Crippen LogP contribution >= 0.6 is 11.6 Å². The van der Waals surface area contributed by atoms with Crippen LogP contribution in [0.3, 0.4) is 0 Å². The predicted octanol–water partition coefficient (Wildman–Crippen LogP) is 4.41. The van der Waals surface area contributed by atoms with Gasteiger partial charge in [-0.15, -0.1) is 0 Å². The molecule has 30 heavy (non-hydrogen) atoms. The summed E-state index contributed by atoms with van der Waals surface area (Å²) in [5, 5.41) is 6.75. The summed E-state index contributed by atoms with van der Waals surface area (Å²) < 4.78 is 13.8. The molecule has 0 bridgehead atoms. The minimum Gasteiger partial charge on any atom is -0.349 e. The molecule has 0 radical (unpaired) electrons. The fraction of sp³-hybridized carbons (Fsp3) is 0.227. The third-order valence-corrected chi connectivity index (χ3v) is 5.34. The molecule has 3 aromatic rings. The first-order chi connectivity index (χ1) is 14.6. The summed E-state index contributed by atoms with van der Waals surface area (Å²) in [5.74, 6) is 0.381. The van der Waals surface area contributed by atoms with Gasteiger partial charge in [0.05, 0.1) is 16.3 Å². The molecule has 1 saturated heterocycles. The summed E-state index contributed by atoms with van der Waals surface area (Å²) in [5.41, 5.74) is 0.847. The Balaban J connectivity index is 1.36. The van der Waals surface area contributed by atoms with Crippen molar-refractivity contribution in [3.05, 3.63) is 77.2 Å². The highest BCUT2D eigenvalue weighted by atomic mass is 35.5. The van der Waals surface area contributed by atoms with Crippen LogP contribution in [0.5, 0.6) is 0 Å².